The molecule has 120 valence electrons. The number of halogens is 5. The van der Waals surface area contributed by atoms with E-state index >= 15 is 0 Å². The summed E-state index contributed by atoms with van der Waals surface area (Å²) in [6.07, 6.45) is -5.88. The van der Waals surface area contributed by atoms with Gasteiger partial charge in [-0.15, -0.1) is 0 Å². The summed E-state index contributed by atoms with van der Waals surface area (Å²) in [6.45, 7) is 1.27. The molecule has 0 saturated carbocycles. The summed E-state index contributed by atoms with van der Waals surface area (Å²) < 4.78 is 66.1. The summed E-state index contributed by atoms with van der Waals surface area (Å²) >= 11 is 4.70. The highest BCUT2D eigenvalue weighted by Crippen LogP contribution is 2.40. The van der Waals surface area contributed by atoms with Gasteiger partial charge in [0.1, 0.15) is 17.3 Å². The van der Waals surface area contributed by atoms with Crippen molar-refractivity contribution in [2.75, 3.05) is 5.32 Å². The zero-order valence-corrected chi connectivity index (χ0v) is 11.9. The molecule has 1 aromatic carbocycles. The predicted molar refractivity (Wildman–Crippen MR) is 73.1 cm³/mol. The zero-order chi connectivity index (χ0) is 16.7. The maximum absolute atomic E-state index is 13.5. The molecule has 1 aliphatic rings. The van der Waals surface area contributed by atoms with Crippen LogP contribution in [0.1, 0.15) is 13.3 Å². The summed E-state index contributed by atoms with van der Waals surface area (Å²) in [5.41, 5.74) is -4.11. The lowest BCUT2D eigenvalue weighted by molar-refractivity contribution is -0.294. The van der Waals surface area contributed by atoms with Gasteiger partial charge in [-0.1, -0.05) is 6.07 Å². The lowest BCUT2D eigenvalue weighted by Gasteiger charge is -2.34. The molecular weight excluding hydrogens is 329 g/mol. The van der Waals surface area contributed by atoms with E-state index in [-0.39, 0.29) is 10.7 Å². The van der Waals surface area contributed by atoms with Crippen LogP contribution in [0.15, 0.2) is 23.3 Å². The van der Waals surface area contributed by atoms with Crippen molar-refractivity contribution in [2.24, 2.45) is 5.10 Å². The molecule has 22 heavy (non-hydrogen) atoms. The van der Waals surface area contributed by atoms with Crippen molar-refractivity contribution in [3.05, 3.63) is 29.8 Å². The first-order valence-electron chi connectivity index (χ1n) is 5.94. The highest BCUT2D eigenvalue weighted by molar-refractivity contribution is 7.80. The van der Waals surface area contributed by atoms with Crippen LogP contribution in [0.5, 0.6) is 0 Å². The van der Waals surface area contributed by atoms with Crippen LogP contribution in [0.4, 0.5) is 27.6 Å². The predicted octanol–water partition coefficient (Wildman–Crippen LogP) is 2.99. The molecule has 1 unspecified atom stereocenters. The van der Waals surface area contributed by atoms with Crippen LogP contribution in [-0.2, 0) is 0 Å². The average molecular weight is 339 g/mol. The van der Waals surface area contributed by atoms with Gasteiger partial charge in [0, 0.05) is 12.1 Å². The van der Waals surface area contributed by atoms with Gasteiger partial charge in [-0.3, -0.25) is 0 Å². The molecule has 0 amide bonds. The van der Waals surface area contributed by atoms with E-state index in [1.807, 2.05) is 5.32 Å². The normalized spacial score (nSPS) is 21.8. The van der Waals surface area contributed by atoms with E-state index in [0.717, 1.165) is 18.2 Å². The number of hydrazone groups is 1. The number of benzene rings is 1. The first-order chi connectivity index (χ1) is 10.1. The van der Waals surface area contributed by atoms with Crippen LogP contribution < -0.4 is 5.32 Å². The second-order valence-electron chi connectivity index (χ2n) is 4.67. The minimum Gasteiger partial charge on any atom is -0.362 e. The van der Waals surface area contributed by atoms with Gasteiger partial charge >= 0.3 is 6.18 Å². The molecule has 1 atom stereocenters. The van der Waals surface area contributed by atoms with Gasteiger partial charge in [0.2, 0.25) is 0 Å². The molecule has 2 rings (SSSR count). The molecule has 0 aliphatic carbocycles. The molecule has 0 aromatic heterocycles. The third-order valence-electron chi connectivity index (χ3n) is 2.96. The molecular formula is C12H10F5N3OS. The molecule has 4 nitrogen and oxygen atoms in total. The number of anilines is 1. The lowest BCUT2D eigenvalue weighted by atomic mass is 10.1. The number of rotatable bonds is 1. The third kappa shape index (κ3) is 2.75. The van der Waals surface area contributed by atoms with Crippen molar-refractivity contribution in [2.45, 2.75) is 25.2 Å². The quantitative estimate of drug-likeness (QED) is 0.610. The smallest absolute Gasteiger partial charge is 0.362 e. The van der Waals surface area contributed by atoms with Crippen molar-refractivity contribution in [1.82, 2.24) is 5.01 Å². The summed E-state index contributed by atoms with van der Waals surface area (Å²) in [7, 11) is 0. The van der Waals surface area contributed by atoms with E-state index in [2.05, 4.69) is 5.10 Å². The van der Waals surface area contributed by atoms with Crippen LogP contribution in [0.3, 0.4) is 0 Å². The fourth-order valence-corrected chi connectivity index (χ4v) is 2.23. The number of nitrogens with zero attached hydrogens (tertiary/aromatic N) is 2. The largest absolute Gasteiger partial charge is 0.438 e. The highest BCUT2D eigenvalue weighted by atomic mass is 32.1. The monoisotopic (exact) mass is 339 g/mol. The Bertz CT molecular complexity index is 628. The maximum atomic E-state index is 13.5. The number of para-hydroxylation sites is 1. The molecule has 0 saturated heterocycles. The van der Waals surface area contributed by atoms with Gasteiger partial charge in [-0.05, 0) is 31.3 Å². The van der Waals surface area contributed by atoms with Crippen molar-refractivity contribution in [3.63, 3.8) is 0 Å². The Morgan fingerprint density at radius 1 is 1.36 bits per heavy atom. The SMILES string of the molecule is CC1=NN(C(=S)Nc2c(F)cccc2F)C(O)(C(F)(F)F)C1. The van der Waals surface area contributed by atoms with E-state index in [1.165, 1.54) is 6.92 Å². The summed E-state index contributed by atoms with van der Waals surface area (Å²) in [5, 5.41) is 14.6. The average Bonchev–Trinajstić information content (AvgIpc) is 2.70. The first kappa shape index (κ1) is 16.6. The number of aliphatic hydroxyl groups is 1. The van der Waals surface area contributed by atoms with Crippen molar-refractivity contribution < 1.29 is 27.1 Å². The van der Waals surface area contributed by atoms with E-state index < -0.39 is 40.8 Å². The number of hydrogen-bond acceptors (Lipinski definition) is 3. The fourth-order valence-electron chi connectivity index (χ4n) is 1.93. The van der Waals surface area contributed by atoms with Crippen molar-refractivity contribution >= 4 is 28.7 Å². The molecule has 10 heteroatoms. The lowest BCUT2D eigenvalue weighted by Crippen LogP contribution is -2.57. The number of nitrogens with one attached hydrogen (secondary N) is 1. The van der Waals surface area contributed by atoms with Crippen molar-refractivity contribution in [3.8, 4) is 0 Å². The van der Waals surface area contributed by atoms with Crippen LogP contribution >= 0.6 is 12.2 Å². The highest BCUT2D eigenvalue weighted by Gasteiger charge is 2.62. The van der Waals surface area contributed by atoms with Gasteiger partial charge in [-0.25, -0.2) is 8.78 Å². The van der Waals surface area contributed by atoms with E-state index in [9.17, 15) is 27.1 Å². The van der Waals surface area contributed by atoms with Gasteiger partial charge < -0.3 is 10.4 Å². The second-order valence-corrected chi connectivity index (χ2v) is 5.05. The van der Waals surface area contributed by atoms with E-state index in [0.29, 0.717) is 0 Å². The molecule has 1 aliphatic heterocycles. The number of thiocarbonyl (C=S) groups is 1. The Kier molecular flexibility index (Phi) is 4.09. The standard InChI is InChI=1S/C12H10F5N3OS/c1-6-5-11(21,12(15,16)17)20(19-6)10(22)18-9-7(13)3-2-4-8(9)14/h2-4,21H,5H2,1H3,(H,18,22). The molecule has 0 fully saturated rings. The Labute approximate surface area is 127 Å². The molecule has 1 heterocycles. The first-order valence-corrected chi connectivity index (χ1v) is 6.35. The summed E-state index contributed by atoms with van der Waals surface area (Å²) in [6, 6.07) is 2.90. The zero-order valence-electron chi connectivity index (χ0n) is 11.1. The van der Waals surface area contributed by atoms with E-state index in [1.54, 1.807) is 0 Å². The Morgan fingerprint density at radius 3 is 2.41 bits per heavy atom. The molecule has 0 radical (unpaired) electrons. The van der Waals surface area contributed by atoms with Gasteiger partial charge in [-0.2, -0.15) is 23.3 Å². The summed E-state index contributed by atoms with van der Waals surface area (Å²) in [5.74, 6) is -2.09. The van der Waals surface area contributed by atoms with Gasteiger partial charge in [0.25, 0.3) is 5.72 Å². The third-order valence-corrected chi connectivity index (χ3v) is 3.24. The van der Waals surface area contributed by atoms with Crippen molar-refractivity contribution in [1.29, 1.82) is 0 Å². The van der Waals surface area contributed by atoms with Gasteiger partial charge in [0.05, 0.1) is 0 Å². The van der Waals surface area contributed by atoms with Crippen LogP contribution in [-0.4, -0.2) is 32.8 Å². The summed E-state index contributed by atoms with van der Waals surface area (Å²) in [4.78, 5) is 0. The van der Waals surface area contributed by atoms with Crippen LogP contribution in [0.25, 0.3) is 0 Å². The Hall–Kier alpha value is -1.81. The number of hydrogen-bond donors (Lipinski definition) is 2. The molecule has 0 spiro atoms. The Morgan fingerprint density at radius 2 is 1.91 bits per heavy atom. The van der Waals surface area contributed by atoms with Crippen LogP contribution in [0.2, 0.25) is 0 Å². The van der Waals surface area contributed by atoms with Gasteiger partial charge in [0.15, 0.2) is 5.11 Å². The number of alkyl halides is 3. The fraction of sp³-hybridized carbons (Fsp3) is 0.333. The Balaban J connectivity index is 2.32. The van der Waals surface area contributed by atoms with E-state index in [4.69, 9.17) is 12.2 Å². The van der Waals surface area contributed by atoms with Crippen LogP contribution in [0, 0.1) is 11.6 Å². The molecule has 0 bridgehead atoms. The second kappa shape index (κ2) is 5.43. The minimum absolute atomic E-state index is 0.0296. The molecule has 1 aromatic rings. The topological polar surface area (TPSA) is 47.9 Å². The minimum atomic E-state index is -5.06. The molecule has 2 N–H and O–H groups in total. The maximum Gasteiger partial charge on any atom is 0.438 e.